The molecular formula is C19H22N4O3S. The molecule has 1 fully saturated rings. The first-order chi connectivity index (χ1) is 13.1. The number of fused-ring (bicyclic) bond motifs is 2. The minimum Gasteiger partial charge on any atom is -0.380 e. The van der Waals surface area contributed by atoms with E-state index in [4.69, 9.17) is 10.5 Å². The number of nitrogens with zero attached hydrogens (tertiary/aromatic N) is 3. The first kappa shape index (κ1) is 17.9. The summed E-state index contributed by atoms with van der Waals surface area (Å²) in [4.78, 5) is 34.2. The molecule has 142 valence electrons. The minimum atomic E-state index is -0.672. The fourth-order valence-electron chi connectivity index (χ4n) is 4.04. The molecule has 1 atom stereocenters. The van der Waals surface area contributed by atoms with Gasteiger partial charge in [-0.1, -0.05) is 29.5 Å². The van der Waals surface area contributed by atoms with Crippen molar-refractivity contribution in [3.8, 4) is 0 Å². The first-order valence-electron chi connectivity index (χ1n) is 9.06. The van der Waals surface area contributed by atoms with Crippen LogP contribution in [0.15, 0.2) is 30.5 Å². The topological polar surface area (TPSA) is 88.8 Å². The Hall–Kier alpha value is -2.45. The smallest absolute Gasteiger partial charge is 0.265 e. The number of carbonyl (C=O) groups is 2. The highest BCUT2D eigenvalue weighted by molar-refractivity contribution is 7.17. The highest BCUT2D eigenvalue weighted by Crippen LogP contribution is 2.47. The molecule has 0 radical (unpaired) electrons. The normalized spacial score (nSPS) is 21.3. The Labute approximate surface area is 161 Å². The maximum atomic E-state index is 13.4. The van der Waals surface area contributed by atoms with Crippen LogP contribution >= 0.6 is 11.3 Å². The monoisotopic (exact) mass is 386 g/mol. The van der Waals surface area contributed by atoms with E-state index in [0.717, 1.165) is 11.3 Å². The van der Waals surface area contributed by atoms with E-state index in [-0.39, 0.29) is 11.8 Å². The number of hydrogen-bond donors (Lipinski definition) is 1. The van der Waals surface area contributed by atoms with Crippen LogP contribution in [0.25, 0.3) is 0 Å². The van der Waals surface area contributed by atoms with Gasteiger partial charge in [-0.25, -0.2) is 4.98 Å². The summed E-state index contributed by atoms with van der Waals surface area (Å²) in [5.41, 5.74) is 6.92. The van der Waals surface area contributed by atoms with Gasteiger partial charge < -0.3 is 20.3 Å². The SMILES string of the molecule is CCOCCN1C(=O)C2(CCN(C(=O)c3cnc(N)s3)C2)c2ccccc21. The molecule has 27 heavy (non-hydrogen) atoms. The van der Waals surface area contributed by atoms with E-state index < -0.39 is 5.41 Å². The molecule has 0 bridgehead atoms. The zero-order chi connectivity index (χ0) is 19.0. The van der Waals surface area contributed by atoms with Crippen molar-refractivity contribution in [2.45, 2.75) is 18.8 Å². The van der Waals surface area contributed by atoms with E-state index in [1.54, 1.807) is 4.90 Å². The van der Waals surface area contributed by atoms with Crippen LogP contribution in [0.3, 0.4) is 0 Å². The summed E-state index contributed by atoms with van der Waals surface area (Å²) in [7, 11) is 0. The van der Waals surface area contributed by atoms with Crippen LogP contribution in [0, 0.1) is 0 Å². The second-order valence-corrected chi connectivity index (χ2v) is 7.85. The van der Waals surface area contributed by atoms with Crippen molar-refractivity contribution in [1.29, 1.82) is 0 Å². The van der Waals surface area contributed by atoms with Gasteiger partial charge in [0.15, 0.2) is 5.13 Å². The third-order valence-electron chi connectivity index (χ3n) is 5.32. The van der Waals surface area contributed by atoms with Crippen LogP contribution in [0.4, 0.5) is 10.8 Å². The van der Waals surface area contributed by atoms with Gasteiger partial charge in [-0.2, -0.15) is 0 Å². The zero-order valence-electron chi connectivity index (χ0n) is 15.2. The predicted octanol–water partition coefficient (Wildman–Crippen LogP) is 1.89. The molecule has 1 spiro atoms. The average Bonchev–Trinajstić information content (AvgIpc) is 3.36. The predicted molar refractivity (Wildman–Crippen MR) is 104 cm³/mol. The summed E-state index contributed by atoms with van der Waals surface area (Å²) in [5, 5.41) is 0.372. The lowest BCUT2D eigenvalue weighted by Gasteiger charge is -2.24. The van der Waals surface area contributed by atoms with E-state index in [1.807, 2.05) is 36.1 Å². The van der Waals surface area contributed by atoms with Gasteiger partial charge in [-0.15, -0.1) is 0 Å². The highest BCUT2D eigenvalue weighted by Gasteiger charge is 2.55. The Morgan fingerprint density at radius 3 is 2.96 bits per heavy atom. The lowest BCUT2D eigenvalue weighted by Crippen LogP contribution is -2.44. The number of benzene rings is 1. The summed E-state index contributed by atoms with van der Waals surface area (Å²) >= 11 is 1.18. The molecule has 2 amide bonds. The summed E-state index contributed by atoms with van der Waals surface area (Å²) in [6.07, 6.45) is 2.13. The van der Waals surface area contributed by atoms with Crippen molar-refractivity contribution >= 4 is 34.0 Å². The standard InChI is InChI=1S/C19H22N4O3S/c1-2-26-10-9-23-14-6-4-3-5-13(14)19(17(23)25)7-8-22(12-19)16(24)15-11-21-18(20)27-15/h3-6,11H,2,7-10,12H2,1H3,(H2,20,21). The number of rotatable bonds is 5. The average molecular weight is 386 g/mol. The molecule has 1 aromatic heterocycles. The molecule has 1 saturated heterocycles. The van der Waals surface area contributed by atoms with E-state index >= 15 is 0 Å². The number of anilines is 2. The van der Waals surface area contributed by atoms with Crippen LogP contribution in [0.5, 0.6) is 0 Å². The number of likely N-dealkylation sites (tertiary alicyclic amines) is 1. The second-order valence-electron chi connectivity index (χ2n) is 6.79. The van der Waals surface area contributed by atoms with Crippen molar-refractivity contribution in [2.75, 3.05) is 43.5 Å². The molecule has 8 heteroatoms. The zero-order valence-corrected chi connectivity index (χ0v) is 16.0. The van der Waals surface area contributed by atoms with Gasteiger partial charge in [0, 0.05) is 31.9 Å². The second kappa shape index (κ2) is 6.94. The van der Waals surface area contributed by atoms with Crippen LogP contribution in [0.1, 0.15) is 28.6 Å². The quantitative estimate of drug-likeness (QED) is 0.793. The molecule has 2 aliphatic heterocycles. The molecule has 2 aliphatic rings. The molecule has 1 aromatic carbocycles. The Morgan fingerprint density at radius 1 is 1.41 bits per heavy atom. The molecule has 4 rings (SSSR count). The van der Waals surface area contributed by atoms with Crippen LogP contribution < -0.4 is 10.6 Å². The fraction of sp³-hybridized carbons (Fsp3) is 0.421. The first-order valence-corrected chi connectivity index (χ1v) is 9.88. The van der Waals surface area contributed by atoms with Gasteiger partial charge in [-0.05, 0) is 25.0 Å². The summed E-state index contributed by atoms with van der Waals surface area (Å²) < 4.78 is 5.45. The lowest BCUT2D eigenvalue weighted by molar-refractivity contribution is -0.122. The van der Waals surface area contributed by atoms with Gasteiger partial charge in [0.2, 0.25) is 5.91 Å². The van der Waals surface area contributed by atoms with Gasteiger partial charge in [-0.3, -0.25) is 9.59 Å². The third kappa shape index (κ3) is 2.89. The molecule has 3 heterocycles. The van der Waals surface area contributed by atoms with Crippen molar-refractivity contribution in [3.05, 3.63) is 40.9 Å². The van der Waals surface area contributed by atoms with Crippen molar-refractivity contribution < 1.29 is 14.3 Å². The number of para-hydroxylation sites is 1. The summed E-state index contributed by atoms with van der Waals surface area (Å²) in [6, 6.07) is 7.87. The third-order valence-corrected chi connectivity index (χ3v) is 6.13. The molecule has 0 aliphatic carbocycles. The van der Waals surface area contributed by atoms with Crippen molar-refractivity contribution in [3.63, 3.8) is 0 Å². The molecule has 0 saturated carbocycles. The molecule has 1 unspecified atom stereocenters. The summed E-state index contributed by atoms with van der Waals surface area (Å²) in [6.45, 7) is 4.49. The van der Waals surface area contributed by atoms with Crippen LogP contribution in [-0.2, 0) is 14.9 Å². The van der Waals surface area contributed by atoms with Crippen LogP contribution in [-0.4, -0.2) is 54.5 Å². The largest absolute Gasteiger partial charge is 0.380 e. The number of carbonyl (C=O) groups excluding carboxylic acids is 2. The molecular weight excluding hydrogens is 364 g/mol. The summed E-state index contributed by atoms with van der Waals surface area (Å²) in [5.74, 6) is -0.0540. The van der Waals surface area contributed by atoms with E-state index in [9.17, 15) is 9.59 Å². The van der Waals surface area contributed by atoms with E-state index in [0.29, 0.717) is 49.3 Å². The Morgan fingerprint density at radius 2 is 2.22 bits per heavy atom. The Bertz CT molecular complexity index is 883. The lowest BCUT2D eigenvalue weighted by atomic mass is 9.81. The number of aromatic nitrogens is 1. The van der Waals surface area contributed by atoms with E-state index in [1.165, 1.54) is 17.5 Å². The number of ether oxygens (including phenoxy) is 1. The fourth-order valence-corrected chi connectivity index (χ4v) is 4.69. The maximum Gasteiger partial charge on any atom is 0.265 e. The number of thiazole rings is 1. The van der Waals surface area contributed by atoms with Crippen molar-refractivity contribution in [1.82, 2.24) is 9.88 Å². The highest BCUT2D eigenvalue weighted by atomic mass is 32.1. The Balaban J connectivity index is 1.61. The minimum absolute atomic E-state index is 0.0579. The maximum absolute atomic E-state index is 13.4. The van der Waals surface area contributed by atoms with E-state index in [2.05, 4.69) is 4.98 Å². The van der Waals surface area contributed by atoms with Gasteiger partial charge in [0.1, 0.15) is 4.88 Å². The van der Waals surface area contributed by atoms with Gasteiger partial charge in [0.25, 0.3) is 5.91 Å². The number of amides is 2. The van der Waals surface area contributed by atoms with Crippen molar-refractivity contribution in [2.24, 2.45) is 0 Å². The molecule has 7 nitrogen and oxygen atoms in total. The number of nitrogen functional groups attached to an aromatic ring is 1. The number of nitrogens with two attached hydrogens (primary N) is 1. The van der Waals surface area contributed by atoms with Crippen LogP contribution in [0.2, 0.25) is 0 Å². The van der Waals surface area contributed by atoms with Gasteiger partial charge >= 0.3 is 0 Å². The molecule has 2 N–H and O–H groups in total. The Kier molecular flexibility index (Phi) is 4.61. The molecule has 2 aromatic rings. The number of hydrogen-bond acceptors (Lipinski definition) is 6. The van der Waals surface area contributed by atoms with Gasteiger partial charge in [0.05, 0.1) is 18.2 Å².